The fourth-order valence-corrected chi connectivity index (χ4v) is 1.63. The summed E-state index contributed by atoms with van der Waals surface area (Å²) in [6, 6.07) is 5.80. The minimum absolute atomic E-state index is 0.358. The third kappa shape index (κ3) is 3.96. The van der Waals surface area contributed by atoms with Gasteiger partial charge in [0.15, 0.2) is 6.10 Å². The van der Waals surface area contributed by atoms with Gasteiger partial charge in [0.2, 0.25) is 5.91 Å². The zero-order valence-electron chi connectivity index (χ0n) is 11.0. The Morgan fingerprint density at radius 1 is 1.21 bits per heavy atom. The molecule has 0 saturated carbocycles. The summed E-state index contributed by atoms with van der Waals surface area (Å²) in [5.74, 6) is -0.531. The van der Waals surface area contributed by atoms with Crippen LogP contribution in [0.3, 0.4) is 0 Å². The van der Waals surface area contributed by atoms with Crippen LogP contribution in [0.2, 0.25) is 0 Å². The topological polar surface area (TPSA) is 84.9 Å². The molecule has 104 valence electrons. The van der Waals surface area contributed by atoms with Crippen LogP contribution >= 0.6 is 0 Å². The second kappa shape index (κ2) is 6.75. The quantitative estimate of drug-likeness (QED) is 0.755. The first-order valence-electron chi connectivity index (χ1n) is 5.66. The first-order valence-corrected chi connectivity index (χ1v) is 5.66. The lowest BCUT2D eigenvalue weighted by molar-refractivity contribution is -0.152. The maximum atomic E-state index is 11.4. The van der Waals surface area contributed by atoms with Crippen LogP contribution in [-0.4, -0.2) is 37.3 Å². The molecule has 2 atom stereocenters. The van der Waals surface area contributed by atoms with Gasteiger partial charge in [-0.3, -0.25) is 4.79 Å². The van der Waals surface area contributed by atoms with Gasteiger partial charge in [-0.15, -0.1) is 0 Å². The number of aliphatic hydroxyl groups excluding tert-OH is 1. The van der Waals surface area contributed by atoms with Crippen molar-refractivity contribution in [2.24, 2.45) is 0 Å². The maximum absolute atomic E-state index is 11.4. The summed E-state index contributed by atoms with van der Waals surface area (Å²) in [6.45, 7) is 1.31. The molecular formula is C13H17NO5. The van der Waals surface area contributed by atoms with E-state index < -0.39 is 18.1 Å². The van der Waals surface area contributed by atoms with Gasteiger partial charge >= 0.3 is 5.97 Å². The van der Waals surface area contributed by atoms with Crippen LogP contribution in [0, 0.1) is 0 Å². The minimum Gasteiger partial charge on any atom is -0.497 e. The Bertz CT molecular complexity index is 443. The van der Waals surface area contributed by atoms with E-state index in [9.17, 15) is 14.7 Å². The molecule has 0 aromatic heterocycles. The molecule has 1 rings (SSSR count). The van der Waals surface area contributed by atoms with Gasteiger partial charge in [0.1, 0.15) is 5.75 Å². The number of rotatable bonds is 5. The Morgan fingerprint density at radius 2 is 1.79 bits per heavy atom. The summed E-state index contributed by atoms with van der Waals surface area (Å²) in [4.78, 5) is 22.5. The largest absolute Gasteiger partial charge is 0.497 e. The zero-order valence-corrected chi connectivity index (χ0v) is 11.0. The fourth-order valence-electron chi connectivity index (χ4n) is 1.63. The molecule has 0 fully saturated rings. The number of benzene rings is 1. The zero-order chi connectivity index (χ0) is 14.4. The van der Waals surface area contributed by atoms with Crippen LogP contribution < -0.4 is 10.1 Å². The minimum atomic E-state index is -1.47. The molecule has 0 aliphatic carbocycles. The molecule has 0 aliphatic heterocycles. The van der Waals surface area contributed by atoms with Crippen molar-refractivity contribution in [1.82, 2.24) is 5.32 Å². The molecule has 2 N–H and O–H groups in total. The van der Waals surface area contributed by atoms with E-state index in [0.29, 0.717) is 11.3 Å². The van der Waals surface area contributed by atoms with Crippen LogP contribution in [-0.2, 0) is 14.3 Å². The van der Waals surface area contributed by atoms with E-state index in [-0.39, 0.29) is 5.91 Å². The highest BCUT2D eigenvalue weighted by Gasteiger charge is 2.29. The smallest absolute Gasteiger partial charge is 0.337 e. The van der Waals surface area contributed by atoms with Crippen LogP contribution in [0.4, 0.5) is 0 Å². The molecule has 19 heavy (non-hydrogen) atoms. The van der Waals surface area contributed by atoms with Crippen molar-refractivity contribution in [2.45, 2.75) is 19.1 Å². The summed E-state index contributed by atoms with van der Waals surface area (Å²) < 4.78 is 9.49. The predicted octanol–water partition coefficient (Wildman–Crippen LogP) is 0.406. The van der Waals surface area contributed by atoms with Gasteiger partial charge in [0, 0.05) is 6.92 Å². The Morgan fingerprint density at radius 3 is 2.21 bits per heavy atom. The van der Waals surface area contributed by atoms with Gasteiger partial charge < -0.3 is 19.9 Å². The van der Waals surface area contributed by atoms with Gasteiger partial charge in [-0.05, 0) is 17.7 Å². The molecule has 0 heterocycles. The molecule has 0 unspecified atom stereocenters. The van der Waals surface area contributed by atoms with Gasteiger partial charge in [0.25, 0.3) is 0 Å². The van der Waals surface area contributed by atoms with Gasteiger partial charge in [-0.1, -0.05) is 12.1 Å². The Balaban J connectivity index is 3.00. The Labute approximate surface area is 111 Å². The maximum Gasteiger partial charge on any atom is 0.337 e. The van der Waals surface area contributed by atoms with Crippen LogP contribution in [0.15, 0.2) is 24.3 Å². The SMILES string of the molecule is COC(=O)[C@@H](O)[C@H](NC(C)=O)c1ccc(OC)cc1. The van der Waals surface area contributed by atoms with Crippen LogP contribution in [0.1, 0.15) is 18.5 Å². The molecule has 6 heteroatoms. The fraction of sp³-hybridized carbons (Fsp3) is 0.385. The number of hydrogen-bond donors (Lipinski definition) is 2. The summed E-state index contributed by atoms with van der Waals surface area (Å²) in [7, 11) is 2.70. The first-order chi connectivity index (χ1) is 8.99. The average Bonchev–Trinajstić information content (AvgIpc) is 2.43. The summed E-state index contributed by atoms with van der Waals surface area (Å²) in [6.07, 6.45) is -1.47. The van der Waals surface area contributed by atoms with Gasteiger partial charge in [-0.2, -0.15) is 0 Å². The van der Waals surface area contributed by atoms with Crippen molar-refractivity contribution in [2.75, 3.05) is 14.2 Å². The molecule has 0 aliphatic rings. The highest BCUT2D eigenvalue weighted by Crippen LogP contribution is 2.21. The second-order valence-electron chi connectivity index (χ2n) is 3.92. The van der Waals surface area contributed by atoms with E-state index in [2.05, 4.69) is 10.1 Å². The standard InChI is InChI=1S/C13H17NO5/c1-8(15)14-11(12(16)13(17)19-3)9-4-6-10(18-2)7-5-9/h4-7,11-12,16H,1-3H3,(H,14,15)/t11-,12+/m1/s1. The Hall–Kier alpha value is -2.08. The summed E-state index contributed by atoms with van der Waals surface area (Å²) in [5, 5.41) is 12.4. The molecule has 1 aromatic carbocycles. The average molecular weight is 267 g/mol. The lowest BCUT2D eigenvalue weighted by Gasteiger charge is -2.22. The number of hydrogen-bond acceptors (Lipinski definition) is 5. The van der Waals surface area contributed by atoms with E-state index in [4.69, 9.17) is 4.74 Å². The van der Waals surface area contributed by atoms with Gasteiger partial charge in [-0.25, -0.2) is 4.79 Å². The van der Waals surface area contributed by atoms with Crippen molar-refractivity contribution in [3.8, 4) is 5.75 Å². The van der Waals surface area contributed by atoms with E-state index >= 15 is 0 Å². The molecule has 1 aromatic rings. The van der Waals surface area contributed by atoms with Crippen molar-refractivity contribution in [3.63, 3.8) is 0 Å². The lowest BCUT2D eigenvalue weighted by Crippen LogP contribution is -2.40. The number of ether oxygens (including phenoxy) is 2. The Kier molecular flexibility index (Phi) is 5.32. The van der Waals surface area contributed by atoms with E-state index in [1.807, 2.05) is 0 Å². The number of aliphatic hydroxyl groups is 1. The van der Waals surface area contributed by atoms with Crippen molar-refractivity contribution < 1.29 is 24.2 Å². The molecule has 1 amide bonds. The monoisotopic (exact) mass is 267 g/mol. The highest BCUT2D eigenvalue weighted by atomic mass is 16.5. The van der Waals surface area contributed by atoms with Crippen molar-refractivity contribution in [1.29, 1.82) is 0 Å². The number of amides is 1. The van der Waals surface area contributed by atoms with E-state index in [1.54, 1.807) is 24.3 Å². The summed E-state index contributed by atoms with van der Waals surface area (Å²) in [5.41, 5.74) is 0.578. The van der Waals surface area contributed by atoms with Gasteiger partial charge in [0.05, 0.1) is 20.3 Å². The molecule has 0 radical (unpaired) electrons. The number of nitrogens with one attached hydrogen (secondary N) is 1. The normalized spacial score (nSPS) is 13.3. The molecule has 0 saturated heterocycles. The highest BCUT2D eigenvalue weighted by molar-refractivity contribution is 5.78. The van der Waals surface area contributed by atoms with E-state index in [1.165, 1.54) is 21.1 Å². The van der Waals surface area contributed by atoms with Crippen LogP contribution in [0.5, 0.6) is 5.75 Å². The number of carbonyl (C=O) groups excluding carboxylic acids is 2. The second-order valence-corrected chi connectivity index (χ2v) is 3.92. The molecule has 0 bridgehead atoms. The number of methoxy groups -OCH3 is 2. The van der Waals surface area contributed by atoms with Crippen molar-refractivity contribution >= 4 is 11.9 Å². The van der Waals surface area contributed by atoms with E-state index in [0.717, 1.165) is 0 Å². The van der Waals surface area contributed by atoms with Crippen LogP contribution in [0.25, 0.3) is 0 Å². The molecule has 6 nitrogen and oxygen atoms in total. The molecular weight excluding hydrogens is 250 g/mol. The third-order valence-corrected chi connectivity index (χ3v) is 2.59. The van der Waals surface area contributed by atoms with Crippen molar-refractivity contribution in [3.05, 3.63) is 29.8 Å². The first kappa shape index (κ1) is 15.0. The summed E-state index contributed by atoms with van der Waals surface area (Å²) >= 11 is 0. The predicted molar refractivity (Wildman–Crippen MR) is 67.6 cm³/mol. The third-order valence-electron chi connectivity index (χ3n) is 2.59. The number of esters is 1. The number of carbonyl (C=O) groups is 2. The molecule has 0 spiro atoms. The lowest BCUT2D eigenvalue weighted by atomic mass is 10.0.